The van der Waals surface area contributed by atoms with E-state index in [0.29, 0.717) is 0 Å². The van der Waals surface area contributed by atoms with Crippen LogP contribution in [0, 0.1) is 0 Å². The first kappa shape index (κ1) is 24.7. The van der Waals surface area contributed by atoms with Crippen LogP contribution in [-0.2, 0) is 11.8 Å². The lowest BCUT2D eigenvalue weighted by molar-refractivity contribution is 0.793. The number of rotatable bonds is 3. The summed E-state index contributed by atoms with van der Waals surface area (Å²) >= 11 is 0. The lowest BCUT2D eigenvalue weighted by Crippen LogP contribution is -2.25. The molecule has 0 N–H and O–H groups in total. The summed E-state index contributed by atoms with van der Waals surface area (Å²) in [6.07, 6.45) is 0.879. The van der Waals surface area contributed by atoms with Crippen LogP contribution in [0.15, 0.2) is 164 Å². The van der Waals surface area contributed by atoms with E-state index < -0.39 is 0 Å². The van der Waals surface area contributed by atoms with Gasteiger partial charge in [-0.3, -0.25) is 0 Å². The third-order valence-electron chi connectivity index (χ3n) is 10.3. The summed E-state index contributed by atoms with van der Waals surface area (Å²) in [6.45, 7) is 0. The van der Waals surface area contributed by atoms with Crippen LogP contribution in [0.5, 0.6) is 0 Å². The minimum atomic E-state index is -0.296. The monoisotopic (exact) mass is 571 g/mol. The molecule has 8 aromatic rings. The lowest BCUT2D eigenvalue weighted by Gasteiger charge is -2.30. The number of hydrogen-bond acceptors (Lipinski definition) is 0. The Labute approximate surface area is 262 Å². The molecule has 1 aromatic heterocycles. The second-order valence-electron chi connectivity index (χ2n) is 12.4. The van der Waals surface area contributed by atoms with E-state index in [2.05, 4.69) is 168 Å². The molecule has 0 bridgehead atoms. The first-order chi connectivity index (χ1) is 22.3. The van der Waals surface area contributed by atoms with Crippen LogP contribution in [0.3, 0.4) is 0 Å². The second kappa shape index (κ2) is 9.17. The van der Waals surface area contributed by atoms with Gasteiger partial charge in [-0.25, -0.2) is 0 Å². The minimum absolute atomic E-state index is 0.296. The van der Waals surface area contributed by atoms with Crippen LogP contribution < -0.4 is 0 Å². The SMILES string of the molecule is c1ccc2c(c1)-c1ccccc1C21c2ccccc2-c2c(Cc3ccc(-n4c5ccccc5c5ccccc54)cc3)cccc21. The quantitative estimate of drug-likeness (QED) is 0.199. The molecule has 2 aliphatic rings. The van der Waals surface area contributed by atoms with E-state index in [-0.39, 0.29) is 5.41 Å². The summed E-state index contributed by atoms with van der Waals surface area (Å²) in [5, 5.41) is 2.58. The fourth-order valence-electron chi connectivity index (χ4n) is 8.55. The largest absolute Gasteiger partial charge is 0.309 e. The van der Waals surface area contributed by atoms with Gasteiger partial charge in [0.05, 0.1) is 16.4 Å². The number of nitrogens with zero attached hydrogens (tertiary/aromatic N) is 1. The molecule has 7 aromatic carbocycles. The molecule has 1 spiro atoms. The van der Waals surface area contributed by atoms with Gasteiger partial charge in [0.25, 0.3) is 0 Å². The van der Waals surface area contributed by atoms with E-state index in [1.54, 1.807) is 0 Å². The molecule has 2 aliphatic carbocycles. The lowest BCUT2D eigenvalue weighted by atomic mass is 9.70. The summed E-state index contributed by atoms with van der Waals surface area (Å²) in [5.41, 5.74) is 17.1. The van der Waals surface area contributed by atoms with Crippen molar-refractivity contribution in [2.45, 2.75) is 11.8 Å². The number of hydrogen-bond donors (Lipinski definition) is 0. The maximum atomic E-state index is 2.39. The molecule has 1 heterocycles. The minimum Gasteiger partial charge on any atom is -0.309 e. The smallest absolute Gasteiger partial charge is 0.0725 e. The van der Waals surface area contributed by atoms with Gasteiger partial charge in [0, 0.05) is 16.5 Å². The Hall–Kier alpha value is -5.66. The van der Waals surface area contributed by atoms with Gasteiger partial charge in [0.15, 0.2) is 0 Å². The van der Waals surface area contributed by atoms with Gasteiger partial charge in [0.2, 0.25) is 0 Å². The average Bonchev–Trinajstić information content (AvgIpc) is 3.71. The summed E-state index contributed by atoms with van der Waals surface area (Å²) in [5.74, 6) is 0. The third-order valence-corrected chi connectivity index (χ3v) is 10.3. The molecule has 0 aliphatic heterocycles. The van der Waals surface area contributed by atoms with Crippen LogP contribution in [0.1, 0.15) is 33.4 Å². The Morgan fingerprint density at radius 2 is 0.889 bits per heavy atom. The summed E-state index contributed by atoms with van der Waals surface area (Å²) in [6, 6.07) is 60.8. The van der Waals surface area contributed by atoms with Crippen molar-refractivity contribution < 1.29 is 0 Å². The highest BCUT2D eigenvalue weighted by Gasteiger charge is 2.51. The van der Waals surface area contributed by atoms with Gasteiger partial charge >= 0.3 is 0 Å². The topological polar surface area (TPSA) is 4.93 Å². The van der Waals surface area contributed by atoms with Gasteiger partial charge in [0.1, 0.15) is 0 Å². The van der Waals surface area contributed by atoms with E-state index in [1.807, 2.05) is 0 Å². The number of aromatic nitrogens is 1. The van der Waals surface area contributed by atoms with E-state index in [0.717, 1.165) is 6.42 Å². The van der Waals surface area contributed by atoms with Gasteiger partial charge in [-0.15, -0.1) is 0 Å². The Morgan fingerprint density at radius 3 is 1.51 bits per heavy atom. The zero-order chi connectivity index (χ0) is 29.5. The second-order valence-corrected chi connectivity index (χ2v) is 12.4. The molecule has 0 atom stereocenters. The Bertz CT molecular complexity index is 2360. The van der Waals surface area contributed by atoms with Crippen molar-refractivity contribution >= 4 is 21.8 Å². The Kier molecular flexibility index (Phi) is 5.04. The molecule has 0 saturated heterocycles. The average molecular weight is 572 g/mol. The van der Waals surface area contributed by atoms with Crippen LogP contribution in [0.25, 0.3) is 49.7 Å². The summed E-state index contributed by atoms with van der Waals surface area (Å²) in [4.78, 5) is 0. The van der Waals surface area contributed by atoms with E-state index >= 15 is 0 Å². The van der Waals surface area contributed by atoms with Gasteiger partial charge < -0.3 is 4.57 Å². The number of fused-ring (bicyclic) bond motifs is 13. The van der Waals surface area contributed by atoms with Crippen LogP contribution >= 0.6 is 0 Å². The third kappa shape index (κ3) is 3.22. The van der Waals surface area contributed by atoms with Crippen molar-refractivity contribution in [1.29, 1.82) is 0 Å². The van der Waals surface area contributed by atoms with Crippen molar-refractivity contribution in [3.05, 3.63) is 197 Å². The maximum Gasteiger partial charge on any atom is 0.0725 e. The zero-order valence-corrected chi connectivity index (χ0v) is 24.7. The van der Waals surface area contributed by atoms with E-state index in [4.69, 9.17) is 0 Å². The highest BCUT2D eigenvalue weighted by Crippen LogP contribution is 2.63. The Morgan fingerprint density at radius 1 is 0.400 bits per heavy atom. The first-order valence-electron chi connectivity index (χ1n) is 15.8. The van der Waals surface area contributed by atoms with Gasteiger partial charge in [-0.05, 0) is 86.3 Å². The molecular formula is C44H29N. The predicted octanol–water partition coefficient (Wildman–Crippen LogP) is 10.7. The zero-order valence-electron chi connectivity index (χ0n) is 24.7. The number of para-hydroxylation sites is 2. The van der Waals surface area contributed by atoms with Crippen LogP contribution in [0.2, 0.25) is 0 Å². The normalized spacial score (nSPS) is 13.6. The van der Waals surface area contributed by atoms with Gasteiger partial charge in [-0.2, -0.15) is 0 Å². The molecular weight excluding hydrogens is 542 g/mol. The molecule has 0 radical (unpaired) electrons. The molecule has 45 heavy (non-hydrogen) atoms. The van der Waals surface area contributed by atoms with Crippen LogP contribution in [-0.4, -0.2) is 4.57 Å². The standard InChI is InChI=1S/C44H29N/c1-6-18-37-32(13-1)33-14-2-7-19-38(33)44(37)39-20-8-3-17-36(39)43-30(12-11-21-40(43)44)28-29-24-26-31(27-25-29)45-41-22-9-4-15-34(41)35-16-5-10-23-42(35)45/h1-27H,28H2. The van der Waals surface area contributed by atoms with Crippen molar-refractivity contribution in [1.82, 2.24) is 4.57 Å². The van der Waals surface area contributed by atoms with Crippen molar-refractivity contribution in [3.63, 3.8) is 0 Å². The van der Waals surface area contributed by atoms with Crippen molar-refractivity contribution in [2.75, 3.05) is 0 Å². The number of benzene rings is 7. The Balaban J connectivity index is 1.12. The molecule has 210 valence electrons. The summed E-state index contributed by atoms with van der Waals surface area (Å²) < 4.78 is 2.39. The van der Waals surface area contributed by atoms with E-state index in [9.17, 15) is 0 Å². The highest BCUT2D eigenvalue weighted by molar-refractivity contribution is 6.09. The fraction of sp³-hybridized carbons (Fsp3) is 0.0455. The molecule has 0 amide bonds. The molecule has 10 rings (SSSR count). The maximum absolute atomic E-state index is 2.39. The molecule has 0 saturated carbocycles. The predicted molar refractivity (Wildman–Crippen MR) is 186 cm³/mol. The van der Waals surface area contributed by atoms with Crippen molar-refractivity contribution in [2.24, 2.45) is 0 Å². The molecule has 0 fully saturated rings. The van der Waals surface area contributed by atoms with E-state index in [1.165, 1.54) is 83.1 Å². The summed E-state index contributed by atoms with van der Waals surface area (Å²) in [7, 11) is 0. The highest BCUT2D eigenvalue weighted by atomic mass is 15.0. The first-order valence-corrected chi connectivity index (χ1v) is 15.8. The molecule has 1 heteroatoms. The van der Waals surface area contributed by atoms with Crippen molar-refractivity contribution in [3.8, 4) is 27.9 Å². The molecule has 1 nitrogen and oxygen atoms in total. The molecule has 0 unspecified atom stereocenters. The fourth-order valence-corrected chi connectivity index (χ4v) is 8.55. The van der Waals surface area contributed by atoms with Crippen LogP contribution in [0.4, 0.5) is 0 Å². The van der Waals surface area contributed by atoms with Gasteiger partial charge in [-0.1, -0.05) is 140 Å².